The van der Waals surface area contributed by atoms with Gasteiger partial charge in [-0.05, 0) is 30.3 Å². The molecular formula is C18H15ClN4O4S. The van der Waals surface area contributed by atoms with Gasteiger partial charge >= 0.3 is 0 Å². The number of benzene rings is 1. The Bertz CT molecular complexity index is 1270. The minimum atomic E-state index is -4.11. The highest BCUT2D eigenvalue weighted by Crippen LogP contribution is 2.41. The van der Waals surface area contributed by atoms with Crippen LogP contribution in [0.25, 0.3) is 16.7 Å². The van der Waals surface area contributed by atoms with Gasteiger partial charge in [-0.25, -0.2) is 13.4 Å². The van der Waals surface area contributed by atoms with E-state index in [9.17, 15) is 18.3 Å². The van der Waals surface area contributed by atoms with Crippen molar-refractivity contribution >= 4 is 50.0 Å². The molecule has 144 valence electrons. The van der Waals surface area contributed by atoms with E-state index < -0.39 is 27.4 Å². The third-order valence-electron chi connectivity index (χ3n) is 4.62. The number of pyridine rings is 1. The lowest BCUT2D eigenvalue weighted by Crippen LogP contribution is -2.37. The lowest BCUT2D eigenvalue weighted by Gasteiger charge is -2.27. The van der Waals surface area contributed by atoms with E-state index in [-0.39, 0.29) is 16.4 Å². The maximum Gasteiger partial charge on any atom is 0.278 e. The highest BCUT2D eigenvalue weighted by atomic mass is 35.5. The molecule has 3 aromatic rings. The molecule has 0 atom stereocenters. The first kappa shape index (κ1) is 18.3. The molecule has 2 aromatic heterocycles. The van der Waals surface area contributed by atoms with Crippen molar-refractivity contribution in [2.75, 3.05) is 12.4 Å². The number of anilines is 1. The van der Waals surface area contributed by atoms with Gasteiger partial charge in [0, 0.05) is 36.2 Å². The van der Waals surface area contributed by atoms with Crippen LogP contribution in [0, 0.1) is 0 Å². The molecule has 0 spiro atoms. The highest BCUT2D eigenvalue weighted by molar-refractivity contribution is 7.89. The second-order valence-electron chi connectivity index (χ2n) is 6.24. The van der Waals surface area contributed by atoms with Crippen LogP contribution in [0.15, 0.2) is 53.2 Å². The second-order valence-corrected chi connectivity index (χ2v) is 8.58. The van der Waals surface area contributed by atoms with Gasteiger partial charge in [-0.2, -0.15) is 0 Å². The Kier molecular flexibility index (Phi) is 4.09. The van der Waals surface area contributed by atoms with E-state index >= 15 is 0 Å². The molecule has 10 heteroatoms. The summed E-state index contributed by atoms with van der Waals surface area (Å²) >= 11 is 6.04. The number of carbonyl (C=O) groups is 1. The summed E-state index contributed by atoms with van der Waals surface area (Å²) in [4.78, 5) is 16.6. The van der Waals surface area contributed by atoms with Crippen LogP contribution in [-0.4, -0.2) is 40.3 Å². The van der Waals surface area contributed by atoms with Crippen molar-refractivity contribution in [3.63, 3.8) is 0 Å². The van der Waals surface area contributed by atoms with Gasteiger partial charge < -0.3 is 15.0 Å². The molecule has 1 aromatic carbocycles. The van der Waals surface area contributed by atoms with Crippen molar-refractivity contribution in [3.8, 4) is 0 Å². The Morgan fingerprint density at radius 2 is 1.96 bits per heavy atom. The van der Waals surface area contributed by atoms with Crippen LogP contribution < -0.4 is 5.32 Å². The number of aliphatic hydroxyl groups excluding tert-OH is 1. The van der Waals surface area contributed by atoms with E-state index in [1.54, 1.807) is 37.4 Å². The number of halogens is 1. The number of hydrogen-bond acceptors (Lipinski definition) is 5. The van der Waals surface area contributed by atoms with Crippen molar-refractivity contribution < 1.29 is 18.3 Å². The predicted octanol–water partition coefficient (Wildman–Crippen LogP) is 2.73. The summed E-state index contributed by atoms with van der Waals surface area (Å²) in [6.45, 7) is 0. The van der Waals surface area contributed by atoms with Gasteiger partial charge in [0.15, 0.2) is 11.5 Å². The molecule has 0 aliphatic carbocycles. The molecule has 1 amide bonds. The number of fused-ring (bicyclic) bond motifs is 3. The minimum absolute atomic E-state index is 0.0292. The standard InChI is InChI=1S/C18H15ClN4O4S/c1-22-12-7-6-10(19)9-11(12)17-14(22)16(24)15(23(2)28(17,26)27)18(25)21-13-5-3-4-8-20-13/h3-9,24H,1-2H3,(H,20,21,25). The molecule has 4 rings (SSSR count). The Morgan fingerprint density at radius 3 is 2.64 bits per heavy atom. The molecular weight excluding hydrogens is 404 g/mol. The number of carbonyl (C=O) groups excluding carboxylic acids is 1. The summed E-state index contributed by atoms with van der Waals surface area (Å²) in [5.41, 5.74) is 0.195. The number of nitrogens with one attached hydrogen (secondary N) is 1. The summed E-state index contributed by atoms with van der Waals surface area (Å²) in [5, 5.41) is 14.1. The van der Waals surface area contributed by atoms with Crippen molar-refractivity contribution in [3.05, 3.63) is 59.0 Å². The minimum Gasteiger partial charge on any atom is -0.504 e. The molecule has 2 N–H and O–H groups in total. The molecule has 0 saturated carbocycles. The van der Waals surface area contributed by atoms with E-state index in [1.807, 2.05) is 0 Å². The summed E-state index contributed by atoms with van der Waals surface area (Å²) in [6.07, 6.45) is 1.48. The fraction of sp³-hybridized carbons (Fsp3) is 0.111. The largest absolute Gasteiger partial charge is 0.504 e. The smallest absolute Gasteiger partial charge is 0.278 e. The molecule has 1 aliphatic rings. The van der Waals surface area contributed by atoms with Crippen LogP contribution in [-0.2, 0) is 21.9 Å². The topological polar surface area (TPSA) is 105 Å². The van der Waals surface area contributed by atoms with Crippen LogP contribution in [0.4, 0.5) is 5.82 Å². The SMILES string of the molecule is CN1C(C(=O)Nc2ccccn2)=C(O)c2c(c3cc(Cl)ccc3n2C)S1(=O)=O. The fourth-order valence-electron chi connectivity index (χ4n) is 3.29. The number of nitrogens with zero attached hydrogens (tertiary/aromatic N) is 3. The monoisotopic (exact) mass is 418 g/mol. The molecule has 8 nitrogen and oxygen atoms in total. The maximum atomic E-state index is 13.2. The Morgan fingerprint density at radius 1 is 1.21 bits per heavy atom. The van der Waals surface area contributed by atoms with Crippen LogP contribution >= 0.6 is 11.6 Å². The van der Waals surface area contributed by atoms with Crippen molar-refractivity contribution in [2.24, 2.45) is 7.05 Å². The first-order valence-electron chi connectivity index (χ1n) is 8.16. The zero-order valence-electron chi connectivity index (χ0n) is 14.8. The molecule has 28 heavy (non-hydrogen) atoms. The van der Waals surface area contributed by atoms with Crippen molar-refractivity contribution in [1.29, 1.82) is 0 Å². The number of rotatable bonds is 2. The summed E-state index contributed by atoms with van der Waals surface area (Å²) in [6, 6.07) is 9.71. The average Bonchev–Trinajstić information content (AvgIpc) is 2.94. The zero-order chi connectivity index (χ0) is 20.2. The quantitative estimate of drug-likeness (QED) is 0.665. The van der Waals surface area contributed by atoms with Gasteiger partial charge in [-0.15, -0.1) is 0 Å². The van der Waals surface area contributed by atoms with E-state index in [0.29, 0.717) is 15.9 Å². The predicted molar refractivity (Wildman–Crippen MR) is 105 cm³/mol. The Labute approximate surface area is 165 Å². The number of aromatic nitrogens is 2. The molecule has 3 heterocycles. The lowest BCUT2D eigenvalue weighted by atomic mass is 10.2. The van der Waals surface area contributed by atoms with Crippen LogP contribution in [0.3, 0.4) is 0 Å². The van der Waals surface area contributed by atoms with Gasteiger partial charge in [-0.1, -0.05) is 17.7 Å². The Balaban J connectivity index is 1.96. The first-order chi connectivity index (χ1) is 13.2. The van der Waals surface area contributed by atoms with Crippen molar-refractivity contribution in [2.45, 2.75) is 4.90 Å². The lowest BCUT2D eigenvalue weighted by molar-refractivity contribution is -0.113. The van der Waals surface area contributed by atoms with E-state index in [2.05, 4.69) is 10.3 Å². The number of aryl methyl sites for hydroxylation is 1. The maximum absolute atomic E-state index is 13.2. The summed E-state index contributed by atoms with van der Waals surface area (Å²) in [7, 11) is -1.28. The van der Waals surface area contributed by atoms with Gasteiger partial charge in [0.25, 0.3) is 15.9 Å². The van der Waals surface area contributed by atoms with E-state index in [4.69, 9.17) is 11.6 Å². The van der Waals surface area contributed by atoms with E-state index in [1.165, 1.54) is 23.9 Å². The number of sulfonamides is 1. The van der Waals surface area contributed by atoms with E-state index in [0.717, 1.165) is 4.31 Å². The average molecular weight is 419 g/mol. The molecule has 1 aliphatic heterocycles. The number of likely N-dealkylation sites (N-methyl/N-ethyl adjacent to an activating group) is 1. The first-order valence-corrected chi connectivity index (χ1v) is 9.98. The van der Waals surface area contributed by atoms with Gasteiger partial charge in [0.05, 0.1) is 0 Å². The van der Waals surface area contributed by atoms with Crippen LogP contribution in [0.2, 0.25) is 5.02 Å². The summed E-state index contributed by atoms with van der Waals surface area (Å²) in [5.74, 6) is -1.01. The molecule has 0 unspecified atom stereocenters. The molecule has 0 bridgehead atoms. The van der Waals surface area contributed by atoms with Crippen molar-refractivity contribution in [1.82, 2.24) is 13.9 Å². The van der Waals surface area contributed by atoms with Gasteiger partial charge in [0.2, 0.25) is 0 Å². The number of aliphatic hydroxyl groups is 1. The normalized spacial score (nSPS) is 15.6. The molecule has 0 radical (unpaired) electrons. The zero-order valence-corrected chi connectivity index (χ0v) is 16.4. The molecule has 0 saturated heterocycles. The number of hydrogen-bond donors (Lipinski definition) is 2. The van der Waals surface area contributed by atoms with Crippen LogP contribution in [0.5, 0.6) is 0 Å². The van der Waals surface area contributed by atoms with Gasteiger partial charge in [0.1, 0.15) is 16.4 Å². The number of amides is 1. The highest BCUT2D eigenvalue weighted by Gasteiger charge is 2.41. The molecule has 0 fully saturated rings. The third kappa shape index (κ3) is 2.54. The second kappa shape index (κ2) is 6.25. The van der Waals surface area contributed by atoms with Gasteiger partial charge in [-0.3, -0.25) is 9.10 Å². The fourth-order valence-corrected chi connectivity index (χ4v) is 5.07. The summed E-state index contributed by atoms with van der Waals surface area (Å²) < 4.78 is 28.7. The van der Waals surface area contributed by atoms with Crippen LogP contribution in [0.1, 0.15) is 5.69 Å². The third-order valence-corrected chi connectivity index (χ3v) is 6.69. The Hall–Kier alpha value is -3.04.